The van der Waals surface area contributed by atoms with Crippen molar-refractivity contribution in [2.75, 3.05) is 6.54 Å². The molecular formula is C12H17NO5. The summed E-state index contributed by atoms with van der Waals surface area (Å²) >= 11 is 0. The van der Waals surface area contributed by atoms with Gasteiger partial charge in [0, 0.05) is 18.7 Å². The third-order valence-electron chi connectivity index (χ3n) is 3.14. The Morgan fingerprint density at radius 2 is 1.67 bits per heavy atom. The lowest BCUT2D eigenvalue weighted by molar-refractivity contribution is -0.143. The molecule has 0 atom stereocenters. The highest BCUT2D eigenvalue weighted by Crippen LogP contribution is 2.28. The zero-order valence-electron chi connectivity index (χ0n) is 9.96. The van der Waals surface area contributed by atoms with E-state index in [-0.39, 0.29) is 11.8 Å². The number of amides is 1. The Morgan fingerprint density at radius 1 is 1.06 bits per heavy atom. The van der Waals surface area contributed by atoms with E-state index in [1.54, 1.807) is 0 Å². The van der Waals surface area contributed by atoms with E-state index in [4.69, 9.17) is 10.2 Å². The Labute approximate surface area is 105 Å². The quantitative estimate of drug-likeness (QED) is 0.625. The molecule has 3 N–H and O–H groups in total. The summed E-state index contributed by atoms with van der Waals surface area (Å²) in [7, 11) is 0. The standard InChI is InChI=1S/C12H17NO5/c14-10(5-6-11(15)16)13-7-8-1-3-9(4-2-8)12(17)18/h5-6,8-9H,1-4,7H2,(H,13,14)(H,15,16)(H,17,18)/b6-5-/t8-,9-. The molecule has 100 valence electrons. The van der Waals surface area contributed by atoms with Crippen molar-refractivity contribution in [2.24, 2.45) is 11.8 Å². The SMILES string of the molecule is O=C(O)/C=C\C(=O)NC[C@H]1CC[C@H](C(=O)O)CC1. The lowest BCUT2D eigenvalue weighted by Crippen LogP contribution is -2.31. The zero-order chi connectivity index (χ0) is 13.5. The maximum Gasteiger partial charge on any atom is 0.328 e. The molecule has 0 unspecified atom stereocenters. The largest absolute Gasteiger partial charge is 0.481 e. The van der Waals surface area contributed by atoms with Crippen molar-refractivity contribution < 1.29 is 24.6 Å². The maximum atomic E-state index is 11.2. The Kier molecular flexibility index (Phi) is 5.35. The van der Waals surface area contributed by atoms with Crippen LogP contribution < -0.4 is 5.32 Å². The monoisotopic (exact) mass is 255 g/mol. The molecule has 1 fully saturated rings. The lowest BCUT2D eigenvalue weighted by atomic mass is 9.82. The van der Waals surface area contributed by atoms with Crippen LogP contribution in [0.4, 0.5) is 0 Å². The van der Waals surface area contributed by atoms with Gasteiger partial charge in [-0.2, -0.15) is 0 Å². The molecule has 18 heavy (non-hydrogen) atoms. The number of hydrogen-bond donors (Lipinski definition) is 3. The van der Waals surface area contributed by atoms with Crippen LogP contribution in [-0.4, -0.2) is 34.6 Å². The van der Waals surface area contributed by atoms with Gasteiger partial charge >= 0.3 is 11.9 Å². The minimum absolute atomic E-state index is 0.260. The molecule has 1 amide bonds. The van der Waals surface area contributed by atoms with Gasteiger partial charge in [0.1, 0.15) is 0 Å². The molecule has 0 saturated heterocycles. The van der Waals surface area contributed by atoms with Crippen molar-refractivity contribution in [3.05, 3.63) is 12.2 Å². The number of carbonyl (C=O) groups excluding carboxylic acids is 1. The highest BCUT2D eigenvalue weighted by Gasteiger charge is 2.25. The highest BCUT2D eigenvalue weighted by molar-refractivity contribution is 5.93. The first-order valence-corrected chi connectivity index (χ1v) is 5.90. The molecule has 0 heterocycles. The van der Waals surface area contributed by atoms with Crippen molar-refractivity contribution in [3.63, 3.8) is 0 Å². The summed E-state index contributed by atoms with van der Waals surface area (Å²) in [5.74, 6) is -2.32. The highest BCUT2D eigenvalue weighted by atomic mass is 16.4. The number of nitrogens with one attached hydrogen (secondary N) is 1. The molecule has 0 aromatic heterocycles. The van der Waals surface area contributed by atoms with Gasteiger partial charge in [-0.25, -0.2) is 4.79 Å². The van der Waals surface area contributed by atoms with E-state index in [0.29, 0.717) is 19.4 Å². The number of hydrogen-bond acceptors (Lipinski definition) is 3. The van der Waals surface area contributed by atoms with Gasteiger partial charge in [0.2, 0.25) is 5.91 Å². The van der Waals surface area contributed by atoms with Crippen LogP contribution in [0.1, 0.15) is 25.7 Å². The third kappa shape index (κ3) is 4.99. The van der Waals surface area contributed by atoms with E-state index in [2.05, 4.69) is 5.32 Å². The topological polar surface area (TPSA) is 104 Å². The van der Waals surface area contributed by atoms with Crippen LogP contribution in [0.2, 0.25) is 0 Å². The molecule has 0 radical (unpaired) electrons. The average molecular weight is 255 g/mol. The predicted molar refractivity (Wildman–Crippen MR) is 62.9 cm³/mol. The fraction of sp³-hybridized carbons (Fsp3) is 0.583. The first-order chi connectivity index (χ1) is 8.49. The van der Waals surface area contributed by atoms with Gasteiger partial charge in [-0.15, -0.1) is 0 Å². The van der Waals surface area contributed by atoms with Crippen LogP contribution in [0.25, 0.3) is 0 Å². The van der Waals surface area contributed by atoms with Crippen LogP contribution in [-0.2, 0) is 14.4 Å². The molecule has 0 spiro atoms. The summed E-state index contributed by atoms with van der Waals surface area (Å²) < 4.78 is 0. The van der Waals surface area contributed by atoms with Gasteiger partial charge in [0.05, 0.1) is 5.92 Å². The van der Waals surface area contributed by atoms with Crippen molar-refractivity contribution in [3.8, 4) is 0 Å². The zero-order valence-corrected chi connectivity index (χ0v) is 9.96. The number of carbonyl (C=O) groups is 3. The van der Waals surface area contributed by atoms with Crippen LogP contribution >= 0.6 is 0 Å². The second kappa shape index (κ2) is 6.78. The second-order valence-corrected chi connectivity index (χ2v) is 4.47. The van der Waals surface area contributed by atoms with Crippen LogP contribution in [0.15, 0.2) is 12.2 Å². The smallest absolute Gasteiger partial charge is 0.328 e. The van der Waals surface area contributed by atoms with Gasteiger partial charge in [-0.1, -0.05) is 0 Å². The Hall–Kier alpha value is -1.85. The first-order valence-electron chi connectivity index (χ1n) is 5.90. The van der Waals surface area contributed by atoms with Gasteiger partial charge in [0.25, 0.3) is 0 Å². The molecule has 0 bridgehead atoms. The summed E-state index contributed by atoms with van der Waals surface area (Å²) in [6, 6.07) is 0. The number of carboxylic acid groups (broad SMARTS) is 2. The molecule has 1 rings (SSSR count). The predicted octanol–water partition coefficient (Wildman–Crippen LogP) is 0.634. The van der Waals surface area contributed by atoms with Gasteiger partial charge < -0.3 is 15.5 Å². The van der Waals surface area contributed by atoms with E-state index >= 15 is 0 Å². The van der Waals surface area contributed by atoms with E-state index in [0.717, 1.165) is 25.0 Å². The Bertz CT molecular complexity index is 355. The normalized spacial score (nSPS) is 23.8. The van der Waals surface area contributed by atoms with Gasteiger partial charge in [-0.3, -0.25) is 9.59 Å². The van der Waals surface area contributed by atoms with Crippen LogP contribution in [0.5, 0.6) is 0 Å². The molecule has 6 nitrogen and oxygen atoms in total. The van der Waals surface area contributed by atoms with E-state index in [9.17, 15) is 14.4 Å². The summed E-state index contributed by atoms with van der Waals surface area (Å²) in [6.07, 6.45) is 4.60. The number of carboxylic acids is 2. The fourth-order valence-corrected chi connectivity index (χ4v) is 2.06. The first kappa shape index (κ1) is 14.2. The fourth-order valence-electron chi connectivity index (χ4n) is 2.06. The van der Waals surface area contributed by atoms with E-state index in [1.165, 1.54) is 0 Å². The number of aliphatic carboxylic acids is 2. The van der Waals surface area contributed by atoms with Gasteiger partial charge in [-0.05, 0) is 31.6 Å². The maximum absolute atomic E-state index is 11.2. The minimum atomic E-state index is -1.16. The second-order valence-electron chi connectivity index (χ2n) is 4.47. The van der Waals surface area contributed by atoms with E-state index < -0.39 is 17.8 Å². The molecule has 0 aliphatic heterocycles. The van der Waals surface area contributed by atoms with Gasteiger partial charge in [0.15, 0.2) is 0 Å². The van der Waals surface area contributed by atoms with E-state index in [1.807, 2.05) is 0 Å². The summed E-state index contributed by atoms with van der Waals surface area (Å²) in [4.78, 5) is 32.1. The molecule has 1 saturated carbocycles. The summed E-state index contributed by atoms with van der Waals surface area (Å²) in [5, 5.41) is 19.8. The van der Waals surface area contributed by atoms with Crippen molar-refractivity contribution in [1.29, 1.82) is 0 Å². The summed E-state index contributed by atoms with van der Waals surface area (Å²) in [5.41, 5.74) is 0. The Balaban J connectivity index is 2.23. The number of rotatable bonds is 5. The molecule has 0 aromatic rings. The molecule has 1 aliphatic rings. The van der Waals surface area contributed by atoms with Crippen molar-refractivity contribution in [1.82, 2.24) is 5.32 Å². The van der Waals surface area contributed by atoms with Crippen molar-refractivity contribution in [2.45, 2.75) is 25.7 Å². The molecule has 0 aromatic carbocycles. The van der Waals surface area contributed by atoms with Crippen LogP contribution in [0, 0.1) is 11.8 Å². The molecule has 6 heteroatoms. The molecule has 1 aliphatic carbocycles. The minimum Gasteiger partial charge on any atom is -0.481 e. The average Bonchev–Trinajstić information content (AvgIpc) is 2.34. The lowest BCUT2D eigenvalue weighted by Gasteiger charge is -2.25. The molecular weight excluding hydrogens is 238 g/mol. The summed E-state index contributed by atoms with van der Waals surface area (Å²) in [6.45, 7) is 0.467. The Morgan fingerprint density at radius 3 is 2.17 bits per heavy atom. The van der Waals surface area contributed by atoms with Crippen LogP contribution in [0.3, 0.4) is 0 Å². The van der Waals surface area contributed by atoms with Crippen molar-refractivity contribution >= 4 is 17.8 Å². The third-order valence-corrected chi connectivity index (χ3v) is 3.14.